The minimum atomic E-state index is -0.320. The topological polar surface area (TPSA) is 44.1 Å². The number of rotatable bonds is 3. The van der Waals surface area contributed by atoms with E-state index in [1.165, 1.54) is 0 Å². The van der Waals surface area contributed by atoms with E-state index < -0.39 is 0 Å². The third-order valence-electron chi connectivity index (χ3n) is 2.09. The summed E-state index contributed by atoms with van der Waals surface area (Å²) in [6.07, 6.45) is -0.124. The van der Waals surface area contributed by atoms with Crippen molar-refractivity contribution in [1.29, 1.82) is 0 Å². The molecule has 0 radical (unpaired) electrons. The monoisotopic (exact) mass is 288 g/mol. The number of aryl methyl sites for hydroxylation is 1. The molecular weight excluding hydrogens is 272 g/mol. The lowest BCUT2D eigenvalue weighted by Crippen LogP contribution is -2.18. The molecule has 0 aliphatic rings. The van der Waals surface area contributed by atoms with Crippen molar-refractivity contribution in [2.24, 2.45) is 0 Å². The summed E-state index contributed by atoms with van der Waals surface area (Å²) in [5, 5.41) is 0. The molecule has 0 N–H and O–H groups in total. The van der Waals surface area contributed by atoms with Gasteiger partial charge in [-0.1, -0.05) is 0 Å². The van der Waals surface area contributed by atoms with Crippen LogP contribution in [0.5, 0.6) is 0 Å². The highest BCUT2D eigenvalue weighted by Crippen LogP contribution is 2.22. The minimum absolute atomic E-state index is 0.124. The van der Waals surface area contributed by atoms with Gasteiger partial charge in [-0.25, -0.2) is 9.78 Å². The average Bonchev–Trinajstić information content (AvgIpc) is 2.39. The molecule has 0 spiro atoms. The summed E-state index contributed by atoms with van der Waals surface area (Å²) in [6.45, 7) is 9.47. The Hall–Kier alpha value is -0.840. The first kappa shape index (κ1) is 13.2. The molecule has 0 aromatic carbocycles. The molecule has 90 valence electrons. The Morgan fingerprint density at radius 2 is 1.94 bits per heavy atom. The molecule has 0 aliphatic carbocycles. The second-order valence-corrected chi connectivity index (χ2v) is 4.94. The van der Waals surface area contributed by atoms with E-state index in [-0.39, 0.29) is 18.1 Å². The standard InChI is InChI=1S/C11H17BrN2O2/c1-6(2)14-9(8(5)13-11(14)12)10(15)16-7(3)4/h6-7H,1-5H3. The van der Waals surface area contributed by atoms with Crippen molar-refractivity contribution >= 4 is 21.9 Å². The first-order chi connectivity index (χ1) is 7.34. The zero-order valence-corrected chi connectivity index (χ0v) is 11.8. The van der Waals surface area contributed by atoms with Gasteiger partial charge in [-0.3, -0.25) is 0 Å². The molecule has 0 amide bonds. The average molecular weight is 289 g/mol. The summed E-state index contributed by atoms with van der Waals surface area (Å²) in [6, 6.07) is 0.158. The van der Waals surface area contributed by atoms with Crippen LogP contribution in [0.25, 0.3) is 0 Å². The van der Waals surface area contributed by atoms with E-state index in [1.807, 2.05) is 32.3 Å². The van der Waals surface area contributed by atoms with Crippen molar-refractivity contribution in [3.05, 3.63) is 16.1 Å². The summed E-state index contributed by atoms with van der Waals surface area (Å²) in [5.41, 5.74) is 1.21. The van der Waals surface area contributed by atoms with Gasteiger partial charge >= 0.3 is 5.97 Å². The molecule has 1 rings (SSSR count). The van der Waals surface area contributed by atoms with Gasteiger partial charge in [0.2, 0.25) is 0 Å². The second-order valence-electron chi connectivity index (χ2n) is 4.23. The molecule has 0 bridgehead atoms. The zero-order chi connectivity index (χ0) is 12.5. The Bertz CT molecular complexity index is 397. The molecule has 1 aromatic heterocycles. The molecule has 0 saturated carbocycles. The van der Waals surface area contributed by atoms with E-state index in [9.17, 15) is 4.79 Å². The Morgan fingerprint density at radius 1 is 1.38 bits per heavy atom. The summed E-state index contributed by atoms with van der Waals surface area (Å²) < 4.78 is 7.70. The van der Waals surface area contributed by atoms with Gasteiger partial charge in [0.25, 0.3) is 0 Å². The van der Waals surface area contributed by atoms with E-state index in [0.717, 1.165) is 0 Å². The van der Waals surface area contributed by atoms with Crippen LogP contribution in [0.15, 0.2) is 4.73 Å². The number of aromatic nitrogens is 2. The van der Waals surface area contributed by atoms with E-state index in [1.54, 1.807) is 6.92 Å². The predicted molar refractivity (Wildman–Crippen MR) is 65.6 cm³/mol. The normalized spacial score (nSPS) is 11.2. The number of carbonyl (C=O) groups excluding carboxylic acids is 1. The van der Waals surface area contributed by atoms with Crippen LogP contribution in [0.4, 0.5) is 0 Å². The zero-order valence-electron chi connectivity index (χ0n) is 10.2. The van der Waals surface area contributed by atoms with Crippen molar-refractivity contribution in [2.45, 2.75) is 46.8 Å². The molecular formula is C11H17BrN2O2. The molecule has 0 unspecified atom stereocenters. The van der Waals surface area contributed by atoms with Crippen LogP contribution in [-0.4, -0.2) is 21.6 Å². The van der Waals surface area contributed by atoms with Crippen LogP contribution in [-0.2, 0) is 4.74 Å². The number of esters is 1. The number of carbonyl (C=O) groups is 1. The summed E-state index contributed by atoms with van der Waals surface area (Å²) in [5.74, 6) is -0.320. The number of ether oxygens (including phenoxy) is 1. The first-order valence-electron chi connectivity index (χ1n) is 5.29. The minimum Gasteiger partial charge on any atom is -0.458 e. The summed E-state index contributed by atoms with van der Waals surface area (Å²) in [7, 11) is 0. The lowest BCUT2D eigenvalue weighted by molar-refractivity contribution is 0.0362. The smallest absolute Gasteiger partial charge is 0.357 e. The molecule has 4 nitrogen and oxygen atoms in total. The maximum absolute atomic E-state index is 11.9. The fourth-order valence-corrected chi connectivity index (χ4v) is 2.35. The van der Waals surface area contributed by atoms with Crippen LogP contribution >= 0.6 is 15.9 Å². The Balaban J connectivity index is 3.16. The van der Waals surface area contributed by atoms with E-state index in [0.29, 0.717) is 16.1 Å². The van der Waals surface area contributed by atoms with Crippen molar-refractivity contribution < 1.29 is 9.53 Å². The number of halogens is 1. The third kappa shape index (κ3) is 2.64. The summed E-state index contributed by atoms with van der Waals surface area (Å²) >= 11 is 3.35. The first-order valence-corrected chi connectivity index (χ1v) is 6.09. The highest BCUT2D eigenvalue weighted by molar-refractivity contribution is 9.10. The number of imidazole rings is 1. The number of hydrogen-bond donors (Lipinski definition) is 0. The summed E-state index contributed by atoms with van der Waals surface area (Å²) in [4.78, 5) is 16.2. The van der Waals surface area contributed by atoms with Crippen LogP contribution in [0, 0.1) is 6.92 Å². The van der Waals surface area contributed by atoms with Crippen LogP contribution in [0.3, 0.4) is 0 Å². The molecule has 0 saturated heterocycles. The SMILES string of the molecule is Cc1nc(Br)n(C(C)C)c1C(=O)OC(C)C. The second kappa shape index (κ2) is 4.99. The Labute approximate surface area is 104 Å². The van der Waals surface area contributed by atoms with Crippen molar-refractivity contribution in [1.82, 2.24) is 9.55 Å². The van der Waals surface area contributed by atoms with Gasteiger partial charge in [-0.2, -0.15) is 0 Å². The lowest BCUT2D eigenvalue weighted by Gasteiger charge is -2.14. The Morgan fingerprint density at radius 3 is 2.38 bits per heavy atom. The lowest BCUT2D eigenvalue weighted by atomic mass is 10.3. The largest absolute Gasteiger partial charge is 0.458 e. The van der Waals surface area contributed by atoms with Crippen molar-refractivity contribution in [2.75, 3.05) is 0 Å². The predicted octanol–water partition coefficient (Wildman–Crippen LogP) is 3.10. The van der Waals surface area contributed by atoms with Crippen LogP contribution in [0.1, 0.15) is 49.9 Å². The number of nitrogens with zero attached hydrogens (tertiary/aromatic N) is 2. The number of hydrogen-bond acceptors (Lipinski definition) is 3. The molecule has 16 heavy (non-hydrogen) atoms. The van der Waals surface area contributed by atoms with Gasteiger partial charge in [0.1, 0.15) is 0 Å². The maximum atomic E-state index is 11.9. The Kier molecular flexibility index (Phi) is 4.13. The van der Waals surface area contributed by atoms with Gasteiger partial charge in [0.05, 0.1) is 11.8 Å². The fraction of sp³-hybridized carbons (Fsp3) is 0.636. The quantitative estimate of drug-likeness (QED) is 0.803. The molecule has 0 aliphatic heterocycles. The van der Waals surface area contributed by atoms with Gasteiger partial charge in [0, 0.05) is 6.04 Å². The molecule has 5 heteroatoms. The van der Waals surface area contributed by atoms with Crippen LogP contribution < -0.4 is 0 Å². The van der Waals surface area contributed by atoms with E-state index in [2.05, 4.69) is 20.9 Å². The molecule has 1 aromatic rings. The third-order valence-corrected chi connectivity index (χ3v) is 2.65. The van der Waals surface area contributed by atoms with Crippen molar-refractivity contribution in [3.63, 3.8) is 0 Å². The van der Waals surface area contributed by atoms with Crippen LogP contribution in [0.2, 0.25) is 0 Å². The maximum Gasteiger partial charge on any atom is 0.357 e. The van der Waals surface area contributed by atoms with Gasteiger partial charge in [-0.05, 0) is 50.5 Å². The highest BCUT2D eigenvalue weighted by Gasteiger charge is 2.23. The van der Waals surface area contributed by atoms with Gasteiger partial charge < -0.3 is 9.30 Å². The molecule has 1 heterocycles. The molecule has 0 fully saturated rings. The molecule has 0 atom stereocenters. The highest BCUT2D eigenvalue weighted by atomic mass is 79.9. The van der Waals surface area contributed by atoms with E-state index in [4.69, 9.17) is 4.74 Å². The van der Waals surface area contributed by atoms with Crippen molar-refractivity contribution in [3.8, 4) is 0 Å². The van der Waals surface area contributed by atoms with Gasteiger partial charge in [0.15, 0.2) is 10.4 Å². The van der Waals surface area contributed by atoms with Gasteiger partial charge in [-0.15, -0.1) is 0 Å². The van der Waals surface area contributed by atoms with E-state index >= 15 is 0 Å². The fourth-order valence-electron chi connectivity index (χ4n) is 1.50.